The first kappa shape index (κ1) is 24.6. The van der Waals surface area contributed by atoms with E-state index in [1.807, 2.05) is 0 Å². The molecular weight excluding hydrogens is 537 g/mol. The maximum atomic E-state index is 5.40. The SMILES string of the molecule is C/C=C(\C=C1/Cc2ccc(-c3cc4c5c(c3)Cc3cccc(c3-5)C4)cc2C1(C)S)C1C=C2Cc3cccc4c3C2=C(C4)C1. The maximum absolute atomic E-state index is 5.40. The third-order valence-corrected chi connectivity index (χ3v) is 12.0. The summed E-state index contributed by atoms with van der Waals surface area (Å²) in [5.74, 6) is 0.446. The Morgan fingerprint density at radius 2 is 1.40 bits per heavy atom. The lowest BCUT2D eigenvalue weighted by molar-refractivity contribution is 0.729. The molecule has 43 heavy (non-hydrogen) atoms. The first-order chi connectivity index (χ1) is 21.0. The second kappa shape index (κ2) is 8.42. The van der Waals surface area contributed by atoms with Crippen LogP contribution in [0, 0.1) is 5.92 Å². The molecule has 0 spiro atoms. The highest BCUT2D eigenvalue weighted by Crippen LogP contribution is 2.53. The topological polar surface area (TPSA) is 0 Å². The van der Waals surface area contributed by atoms with E-state index in [0.717, 1.165) is 38.5 Å². The lowest BCUT2D eigenvalue weighted by atomic mass is 9.81. The van der Waals surface area contributed by atoms with Crippen LogP contribution in [0.3, 0.4) is 0 Å². The average molecular weight is 571 g/mol. The van der Waals surface area contributed by atoms with Gasteiger partial charge in [0.25, 0.3) is 0 Å². The monoisotopic (exact) mass is 570 g/mol. The molecule has 10 rings (SSSR count). The summed E-state index contributed by atoms with van der Waals surface area (Å²) in [6.45, 7) is 4.54. The minimum Gasteiger partial charge on any atom is -0.163 e. The number of rotatable bonds is 3. The van der Waals surface area contributed by atoms with Gasteiger partial charge < -0.3 is 0 Å². The van der Waals surface area contributed by atoms with E-state index in [9.17, 15) is 0 Å². The molecule has 0 nitrogen and oxygen atoms in total. The molecule has 0 heterocycles. The van der Waals surface area contributed by atoms with Crippen LogP contribution in [0.1, 0.15) is 70.3 Å². The van der Waals surface area contributed by atoms with Crippen molar-refractivity contribution in [3.8, 4) is 22.3 Å². The molecule has 208 valence electrons. The lowest BCUT2D eigenvalue weighted by Gasteiger charge is -2.26. The Kier molecular flexibility index (Phi) is 4.82. The summed E-state index contributed by atoms with van der Waals surface area (Å²) in [6.07, 6.45) is 13.9. The van der Waals surface area contributed by atoms with E-state index < -0.39 is 0 Å². The number of hydrogen-bond donors (Lipinski definition) is 1. The van der Waals surface area contributed by atoms with Crippen molar-refractivity contribution in [3.63, 3.8) is 0 Å². The van der Waals surface area contributed by atoms with Crippen molar-refractivity contribution in [2.75, 3.05) is 0 Å². The Labute approximate surface area is 260 Å². The first-order valence-electron chi connectivity index (χ1n) is 16.0. The van der Waals surface area contributed by atoms with E-state index in [1.54, 1.807) is 27.8 Å². The summed E-state index contributed by atoms with van der Waals surface area (Å²) in [7, 11) is 0. The van der Waals surface area contributed by atoms with E-state index in [0.29, 0.717) is 5.92 Å². The molecule has 0 aliphatic heterocycles. The molecule has 0 fully saturated rings. The van der Waals surface area contributed by atoms with Crippen LogP contribution in [0.15, 0.2) is 107 Å². The number of thiol groups is 1. The lowest BCUT2D eigenvalue weighted by Crippen LogP contribution is -2.14. The fraction of sp³-hybridized carbons (Fsp3) is 0.238. The molecule has 0 N–H and O–H groups in total. The van der Waals surface area contributed by atoms with Crippen LogP contribution in [0.5, 0.6) is 0 Å². The van der Waals surface area contributed by atoms with Gasteiger partial charge in [0.1, 0.15) is 0 Å². The van der Waals surface area contributed by atoms with Gasteiger partial charge >= 0.3 is 0 Å². The Hall–Kier alpha value is -3.81. The van der Waals surface area contributed by atoms with E-state index >= 15 is 0 Å². The van der Waals surface area contributed by atoms with E-state index in [2.05, 4.69) is 98.8 Å². The fourth-order valence-corrected chi connectivity index (χ4v) is 9.82. The number of hydrogen-bond acceptors (Lipinski definition) is 1. The third kappa shape index (κ3) is 3.30. The molecule has 0 amide bonds. The minimum atomic E-state index is -0.285. The number of benzene rings is 4. The summed E-state index contributed by atoms with van der Waals surface area (Å²) < 4.78 is -0.285. The zero-order valence-electron chi connectivity index (χ0n) is 24.9. The van der Waals surface area contributed by atoms with Crippen LogP contribution < -0.4 is 0 Å². The van der Waals surface area contributed by atoms with Crippen molar-refractivity contribution < 1.29 is 0 Å². The van der Waals surface area contributed by atoms with Crippen molar-refractivity contribution in [3.05, 3.63) is 157 Å². The van der Waals surface area contributed by atoms with Crippen molar-refractivity contribution in [1.82, 2.24) is 0 Å². The summed E-state index contributed by atoms with van der Waals surface area (Å²) in [5, 5.41) is 0. The average Bonchev–Trinajstić information content (AvgIpc) is 3.80. The molecule has 0 saturated heterocycles. The van der Waals surface area contributed by atoms with Gasteiger partial charge in [0, 0.05) is 5.92 Å². The van der Waals surface area contributed by atoms with Crippen molar-refractivity contribution in [1.29, 1.82) is 0 Å². The Bertz CT molecular complexity index is 2060. The van der Waals surface area contributed by atoms with Crippen LogP contribution in [-0.4, -0.2) is 0 Å². The van der Waals surface area contributed by atoms with Gasteiger partial charge in [-0.1, -0.05) is 84.5 Å². The molecule has 0 aromatic heterocycles. The van der Waals surface area contributed by atoms with Crippen molar-refractivity contribution in [2.24, 2.45) is 5.92 Å². The van der Waals surface area contributed by atoms with Crippen LogP contribution in [-0.2, 0) is 36.9 Å². The van der Waals surface area contributed by atoms with Crippen LogP contribution >= 0.6 is 12.6 Å². The van der Waals surface area contributed by atoms with Gasteiger partial charge in [0.15, 0.2) is 0 Å². The molecular formula is C42H34S. The summed E-state index contributed by atoms with van der Waals surface area (Å²) in [5.41, 5.74) is 26.9. The zero-order chi connectivity index (χ0) is 28.6. The van der Waals surface area contributed by atoms with Crippen molar-refractivity contribution in [2.45, 2.75) is 57.1 Å². The summed E-state index contributed by atoms with van der Waals surface area (Å²) >= 11 is 5.40. The maximum Gasteiger partial charge on any atom is 0.0568 e. The largest absolute Gasteiger partial charge is 0.163 e. The Morgan fingerprint density at radius 3 is 2.12 bits per heavy atom. The highest BCUT2D eigenvalue weighted by Gasteiger charge is 2.39. The van der Waals surface area contributed by atoms with Gasteiger partial charge in [0.05, 0.1) is 4.75 Å². The van der Waals surface area contributed by atoms with Crippen LogP contribution in [0.25, 0.3) is 27.8 Å². The van der Waals surface area contributed by atoms with Crippen LogP contribution in [0.4, 0.5) is 0 Å². The van der Waals surface area contributed by atoms with Gasteiger partial charge in [-0.05, 0) is 153 Å². The van der Waals surface area contributed by atoms with Gasteiger partial charge in [-0.25, -0.2) is 0 Å². The molecule has 2 unspecified atom stereocenters. The zero-order valence-corrected chi connectivity index (χ0v) is 25.7. The fourth-order valence-electron chi connectivity index (χ4n) is 9.47. The molecule has 0 bridgehead atoms. The predicted octanol–water partition coefficient (Wildman–Crippen LogP) is 9.92. The smallest absolute Gasteiger partial charge is 0.0568 e. The van der Waals surface area contributed by atoms with Gasteiger partial charge in [-0.15, -0.1) is 0 Å². The first-order valence-corrected chi connectivity index (χ1v) is 16.5. The molecule has 1 heteroatoms. The van der Waals surface area contributed by atoms with E-state index in [1.165, 1.54) is 72.3 Å². The molecule has 2 atom stereocenters. The Balaban J connectivity index is 0.973. The second-order valence-corrected chi connectivity index (χ2v) is 14.7. The molecule has 6 aliphatic rings. The van der Waals surface area contributed by atoms with E-state index in [-0.39, 0.29) is 4.75 Å². The quantitative estimate of drug-likeness (QED) is 0.201. The number of fused-ring (bicyclic) bond motifs is 1. The van der Waals surface area contributed by atoms with Crippen LogP contribution in [0.2, 0.25) is 0 Å². The molecule has 4 aromatic carbocycles. The molecule has 0 saturated carbocycles. The molecule has 0 radical (unpaired) electrons. The third-order valence-electron chi connectivity index (χ3n) is 11.4. The molecule has 6 aliphatic carbocycles. The summed E-state index contributed by atoms with van der Waals surface area (Å²) in [6, 6.07) is 25.9. The van der Waals surface area contributed by atoms with Gasteiger partial charge in [-0.2, -0.15) is 12.6 Å². The summed E-state index contributed by atoms with van der Waals surface area (Å²) in [4.78, 5) is 0. The minimum absolute atomic E-state index is 0.285. The highest BCUT2D eigenvalue weighted by molar-refractivity contribution is 7.81. The highest BCUT2D eigenvalue weighted by atomic mass is 32.1. The standard InChI is InChI=1S/C42H34S/c1-3-23(30-16-32-12-26-6-4-7-27-13-33(17-30)40(32)38(26)27)20-36-21-25-11-10-24(22-37(25)42(36,2)43)31-18-34-14-28-8-5-9-29-15-35(19-31)41(34)39(28)29/h3-11,16,18-20,22,30,43H,12-15,17,21H2,1-2H3/b23-3+,36-20+. The van der Waals surface area contributed by atoms with Gasteiger partial charge in [-0.3, -0.25) is 0 Å². The predicted molar refractivity (Wildman–Crippen MR) is 182 cm³/mol. The van der Waals surface area contributed by atoms with Gasteiger partial charge in [0.2, 0.25) is 0 Å². The van der Waals surface area contributed by atoms with Crippen molar-refractivity contribution >= 4 is 18.2 Å². The Morgan fingerprint density at radius 1 is 0.721 bits per heavy atom. The normalized spacial score (nSPS) is 24.2. The number of allylic oxidation sites excluding steroid dienone is 7. The molecule has 4 aromatic rings. The second-order valence-electron chi connectivity index (χ2n) is 13.8. The van der Waals surface area contributed by atoms with E-state index in [4.69, 9.17) is 12.6 Å².